The molecule has 1 N–H and O–H groups in total. The number of hydrogen-bond acceptors (Lipinski definition) is 1. The Bertz CT molecular complexity index is 344. The Balaban J connectivity index is 2.00. The van der Waals surface area contributed by atoms with Gasteiger partial charge in [-0.15, -0.1) is 0 Å². The Morgan fingerprint density at radius 1 is 1.06 bits per heavy atom. The minimum atomic E-state index is -0.267. The average molecular weight is 232 g/mol. The van der Waals surface area contributed by atoms with Crippen LogP contribution in [0, 0.1) is 19.8 Å². The van der Waals surface area contributed by atoms with E-state index in [1.54, 1.807) is 0 Å². The summed E-state index contributed by atoms with van der Waals surface area (Å²) in [7, 11) is 0. The van der Waals surface area contributed by atoms with E-state index in [-0.39, 0.29) is 6.10 Å². The number of aryl methyl sites for hydroxylation is 2. The predicted molar refractivity (Wildman–Crippen MR) is 72.1 cm³/mol. The van der Waals surface area contributed by atoms with Crippen molar-refractivity contribution in [2.75, 3.05) is 0 Å². The average Bonchev–Trinajstić information content (AvgIpc) is 2.29. The largest absolute Gasteiger partial charge is 0.388 e. The molecule has 0 saturated heterocycles. The first kappa shape index (κ1) is 12.6. The molecule has 1 atom stereocenters. The van der Waals surface area contributed by atoms with Gasteiger partial charge in [-0.3, -0.25) is 0 Å². The highest BCUT2D eigenvalue weighted by atomic mass is 16.3. The lowest BCUT2D eigenvalue weighted by Gasteiger charge is -2.24. The molecule has 1 aliphatic rings. The third kappa shape index (κ3) is 3.57. The van der Waals surface area contributed by atoms with Gasteiger partial charge in [0.15, 0.2) is 0 Å². The normalized spacial score (nSPS) is 19.2. The molecule has 1 fully saturated rings. The lowest BCUT2D eigenvalue weighted by Crippen LogP contribution is -2.11. The summed E-state index contributed by atoms with van der Waals surface area (Å²) in [6.45, 7) is 4.20. The Morgan fingerprint density at radius 3 is 2.24 bits per heavy atom. The molecule has 0 radical (unpaired) electrons. The summed E-state index contributed by atoms with van der Waals surface area (Å²) in [6.07, 6.45) is 7.38. The van der Waals surface area contributed by atoms with Crippen LogP contribution in [-0.4, -0.2) is 5.11 Å². The van der Waals surface area contributed by atoms with Crippen LogP contribution in [0.2, 0.25) is 0 Å². The molecule has 1 nitrogen and oxygen atoms in total. The van der Waals surface area contributed by atoms with E-state index in [4.69, 9.17) is 0 Å². The van der Waals surface area contributed by atoms with E-state index in [9.17, 15) is 5.11 Å². The highest BCUT2D eigenvalue weighted by Gasteiger charge is 2.18. The Kier molecular flexibility index (Phi) is 4.22. The van der Waals surface area contributed by atoms with Gasteiger partial charge < -0.3 is 5.11 Å². The van der Waals surface area contributed by atoms with E-state index in [1.807, 2.05) is 0 Å². The van der Waals surface area contributed by atoms with Gasteiger partial charge in [-0.1, -0.05) is 61.4 Å². The van der Waals surface area contributed by atoms with Crippen molar-refractivity contribution >= 4 is 0 Å². The molecule has 1 aromatic carbocycles. The molecule has 2 rings (SSSR count). The van der Waals surface area contributed by atoms with Crippen molar-refractivity contribution in [1.82, 2.24) is 0 Å². The summed E-state index contributed by atoms with van der Waals surface area (Å²) >= 11 is 0. The fraction of sp³-hybridized carbons (Fsp3) is 0.625. The Morgan fingerprint density at radius 2 is 1.65 bits per heavy atom. The lowest BCUT2D eigenvalue weighted by atomic mass is 9.84. The smallest absolute Gasteiger partial charge is 0.0792 e. The first-order valence-corrected chi connectivity index (χ1v) is 6.91. The molecule has 1 unspecified atom stereocenters. The van der Waals surface area contributed by atoms with E-state index in [0.717, 1.165) is 17.9 Å². The maximum atomic E-state index is 10.3. The SMILES string of the molecule is Cc1cc(C)cc(C(O)CC2CCCCC2)c1. The van der Waals surface area contributed by atoms with Gasteiger partial charge in [-0.25, -0.2) is 0 Å². The summed E-state index contributed by atoms with van der Waals surface area (Å²) in [5.41, 5.74) is 3.61. The first-order chi connectivity index (χ1) is 8.15. The first-order valence-electron chi connectivity index (χ1n) is 6.91. The van der Waals surface area contributed by atoms with Crippen LogP contribution in [0.15, 0.2) is 18.2 Å². The topological polar surface area (TPSA) is 20.2 Å². The highest BCUT2D eigenvalue weighted by Crippen LogP contribution is 2.32. The maximum Gasteiger partial charge on any atom is 0.0792 e. The van der Waals surface area contributed by atoms with Crippen molar-refractivity contribution in [2.24, 2.45) is 5.92 Å². The molecular formula is C16H24O. The van der Waals surface area contributed by atoms with Crippen LogP contribution in [0.3, 0.4) is 0 Å². The molecule has 0 aromatic heterocycles. The van der Waals surface area contributed by atoms with Gasteiger partial charge in [0.2, 0.25) is 0 Å². The van der Waals surface area contributed by atoms with Crippen LogP contribution in [0.4, 0.5) is 0 Å². The molecule has 17 heavy (non-hydrogen) atoms. The van der Waals surface area contributed by atoms with Crippen molar-refractivity contribution in [3.05, 3.63) is 34.9 Å². The zero-order valence-electron chi connectivity index (χ0n) is 11.1. The van der Waals surface area contributed by atoms with Crippen LogP contribution >= 0.6 is 0 Å². The van der Waals surface area contributed by atoms with Crippen LogP contribution in [0.25, 0.3) is 0 Å². The summed E-state index contributed by atoms with van der Waals surface area (Å²) in [5.74, 6) is 0.736. The molecule has 1 heteroatoms. The minimum absolute atomic E-state index is 0.267. The molecular weight excluding hydrogens is 208 g/mol. The number of aliphatic hydroxyl groups excluding tert-OH is 1. The summed E-state index contributed by atoms with van der Waals surface area (Å²) in [4.78, 5) is 0. The van der Waals surface area contributed by atoms with Crippen LogP contribution < -0.4 is 0 Å². The number of aliphatic hydroxyl groups is 1. The third-order valence-corrected chi connectivity index (χ3v) is 3.91. The van der Waals surface area contributed by atoms with Crippen LogP contribution in [0.1, 0.15) is 61.3 Å². The third-order valence-electron chi connectivity index (χ3n) is 3.91. The molecule has 0 heterocycles. The van der Waals surface area contributed by atoms with Crippen molar-refractivity contribution in [3.8, 4) is 0 Å². The Labute approximate surface area is 105 Å². The van der Waals surface area contributed by atoms with E-state index in [2.05, 4.69) is 32.0 Å². The molecule has 94 valence electrons. The van der Waals surface area contributed by atoms with Crippen molar-refractivity contribution in [2.45, 2.75) is 58.5 Å². The second kappa shape index (κ2) is 5.68. The lowest BCUT2D eigenvalue weighted by molar-refractivity contribution is 0.131. The van der Waals surface area contributed by atoms with Crippen molar-refractivity contribution in [1.29, 1.82) is 0 Å². The van der Waals surface area contributed by atoms with Gasteiger partial charge in [0.05, 0.1) is 6.10 Å². The fourth-order valence-electron chi connectivity index (χ4n) is 3.08. The molecule has 0 spiro atoms. The molecule has 0 aliphatic heterocycles. The molecule has 1 aliphatic carbocycles. The molecule has 0 amide bonds. The van der Waals surface area contributed by atoms with E-state index in [1.165, 1.54) is 43.2 Å². The fourth-order valence-corrected chi connectivity index (χ4v) is 3.08. The molecule has 1 aromatic rings. The van der Waals surface area contributed by atoms with Crippen LogP contribution in [-0.2, 0) is 0 Å². The molecule has 1 saturated carbocycles. The van der Waals surface area contributed by atoms with Crippen molar-refractivity contribution < 1.29 is 5.11 Å². The van der Waals surface area contributed by atoms with Gasteiger partial charge in [0, 0.05) is 0 Å². The standard InChI is InChI=1S/C16H24O/c1-12-8-13(2)10-15(9-12)16(17)11-14-6-4-3-5-7-14/h8-10,14,16-17H,3-7,11H2,1-2H3. The quantitative estimate of drug-likeness (QED) is 0.823. The maximum absolute atomic E-state index is 10.3. The Hall–Kier alpha value is -0.820. The number of benzene rings is 1. The van der Waals surface area contributed by atoms with Crippen molar-refractivity contribution in [3.63, 3.8) is 0 Å². The predicted octanol–water partition coefficient (Wildman–Crippen LogP) is 4.31. The minimum Gasteiger partial charge on any atom is -0.388 e. The summed E-state index contributed by atoms with van der Waals surface area (Å²) in [6, 6.07) is 6.41. The zero-order valence-corrected chi connectivity index (χ0v) is 11.1. The number of rotatable bonds is 3. The van der Waals surface area contributed by atoms with Gasteiger partial charge in [-0.05, 0) is 31.7 Å². The highest BCUT2D eigenvalue weighted by molar-refractivity contribution is 5.29. The van der Waals surface area contributed by atoms with Gasteiger partial charge in [0.1, 0.15) is 0 Å². The summed E-state index contributed by atoms with van der Waals surface area (Å²) in [5, 5.41) is 10.3. The van der Waals surface area contributed by atoms with E-state index < -0.39 is 0 Å². The number of hydrogen-bond donors (Lipinski definition) is 1. The second-order valence-electron chi connectivity index (χ2n) is 5.68. The van der Waals surface area contributed by atoms with Gasteiger partial charge in [-0.2, -0.15) is 0 Å². The van der Waals surface area contributed by atoms with E-state index >= 15 is 0 Å². The summed E-state index contributed by atoms with van der Waals surface area (Å²) < 4.78 is 0. The van der Waals surface area contributed by atoms with E-state index in [0.29, 0.717) is 0 Å². The molecule has 0 bridgehead atoms. The monoisotopic (exact) mass is 232 g/mol. The van der Waals surface area contributed by atoms with Crippen LogP contribution in [0.5, 0.6) is 0 Å². The van der Waals surface area contributed by atoms with Gasteiger partial charge in [0.25, 0.3) is 0 Å². The second-order valence-corrected chi connectivity index (χ2v) is 5.68. The van der Waals surface area contributed by atoms with Gasteiger partial charge >= 0.3 is 0 Å². The zero-order chi connectivity index (χ0) is 12.3.